The molecule has 0 atom stereocenters. The third-order valence-corrected chi connectivity index (χ3v) is 1.97. The average Bonchev–Trinajstić information content (AvgIpc) is 2.59. The van der Waals surface area contributed by atoms with Crippen molar-refractivity contribution in [3.63, 3.8) is 0 Å². The zero-order chi connectivity index (χ0) is 11.0. The van der Waals surface area contributed by atoms with Gasteiger partial charge in [0.1, 0.15) is 0 Å². The molecule has 0 saturated heterocycles. The molecule has 0 aliphatic rings. The zero-order valence-electron chi connectivity index (χ0n) is 7.52. The maximum Gasteiger partial charge on any atom is 0.371 e. The number of carbonyl (C=O) groups is 2. The van der Waals surface area contributed by atoms with Crippen LogP contribution in [0.15, 0.2) is 18.2 Å². The van der Waals surface area contributed by atoms with Gasteiger partial charge >= 0.3 is 5.97 Å². The molecule has 6 heteroatoms. The van der Waals surface area contributed by atoms with E-state index in [0.29, 0.717) is 16.6 Å². The number of hydrogen-bond acceptors (Lipinski definition) is 3. The molecule has 0 unspecified atom stereocenters. The SMILES string of the molecule is NC(=O)c1ccc2nc(C(=O)O)[nH]c2c1. The first kappa shape index (κ1) is 9.20. The van der Waals surface area contributed by atoms with Crippen molar-refractivity contribution in [1.29, 1.82) is 0 Å². The predicted octanol–water partition coefficient (Wildman–Crippen LogP) is 0.360. The molecule has 2 aromatic rings. The lowest BCUT2D eigenvalue weighted by atomic mass is 10.2. The molecule has 1 aromatic carbocycles. The molecule has 0 spiro atoms. The normalized spacial score (nSPS) is 10.4. The highest BCUT2D eigenvalue weighted by atomic mass is 16.4. The van der Waals surface area contributed by atoms with Gasteiger partial charge in [-0.25, -0.2) is 9.78 Å². The molecule has 6 nitrogen and oxygen atoms in total. The molecule has 1 amide bonds. The summed E-state index contributed by atoms with van der Waals surface area (Å²) in [4.78, 5) is 27.8. The zero-order valence-corrected chi connectivity index (χ0v) is 7.52. The largest absolute Gasteiger partial charge is 0.475 e. The quantitative estimate of drug-likeness (QED) is 0.657. The Kier molecular flexibility index (Phi) is 1.89. The van der Waals surface area contributed by atoms with E-state index in [0.717, 1.165) is 0 Å². The fourth-order valence-corrected chi connectivity index (χ4v) is 1.26. The topological polar surface area (TPSA) is 109 Å². The first-order chi connectivity index (χ1) is 7.08. The van der Waals surface area contributed by atoms with Gasteiger partial charge in [-0.2, -0.15) is 0 Å². The van der Waals surface area contributed by atoms with Crippen molar-refractivity contribution in [2.24, 2.45) is 5.73 Å². The van der Waals surface area contributed by atoms with Gasteiger partial charge in [-0.05, 0) is 18.2 Å². The van der Waals surface area contributed by atoms with E-state index in [-0.39, 0.29) is 5.82 Å². The van der Waals surface area contributed by atoms with Crippen LogP contribution in [0.3, 0.4) is 0 Å². The summed E-state index contributed by atoms with van der Waals surface area (Å²) < 4.78 is 0. The molecule has 0 fully saturated rings. The highest BCUT2D eigenvalue weighted by molar-refractivity contribution is 5.97. The van der Waals surface area contributed by atoms with Gasteiger partial charge in [0.2, 0.25) is 11.7 Å². The average molecular weight is 205 g/mol. The molecular weight excluding hydrogens is 198 g/mol. The number of nitrogens with one attached hydrogen (secondary N) is 1. The minimum Gasteiger partial charge on any atom is -0.475 e. The van der Waals surface area contributed by atoms with Crippen molar-refractivity contribution in [2.75, 3.05) is 0 Å². The van der Waals surface area contributed by atoms with Gasteiger partial charge in [-0.15, -0.1) is 0 Å². The van der Waals surface area contributed by atoms with Crippen LogP contribution in [0.2, 0.25) is 0 Å². The van der Waals surface area contributed by atoms with Gasteiger partial charge in [0.05, 0.1) is 11.0 Å². The van der Waals surface area contributed by atoms with E-state index in [4.69, 9.17) is 10.8 Å². The third-order valence-electron chi connectivity index (χ3n) is 1.97. The van der Waals surface area contributed by atoms with E-state index < -0.39 is 11.9 Å². The smallest absolute Gasteiger partial charge is 0.371 e. The van der Waals surface area contributed by atoms with Crippen LogP contribution < -0.4 is 5.73 Å². The molecule has 0 radical (unpaired) electrons. The summed E-state index contributed by atoms with van der Waals surface area (Å²) in [7, 11) is 0. The lowest BCUT2D eigenvalue weighted by molar-refractivity contribution is 0.0685. The van der Waals surface area contributed by atoms with E-state index in [2.05, 4.69) is 9.97 Å². The second-order valence-electron chi connectivity index (χ2n) is 2.99. The van der Waals surface area contributed by atoms with Crippen LogP contribution in [0.5, 0.6) is 0 Å². The Labute approximate surface area is 83.7 Å². The number of aromatic carboxylic acids is 1. The molecule has 0 aliphatic carbocycles. The minimum absolute atomic E-state index is 0.161. The van der Waals surface area contributed by atoms with E-state index in [1.165, 1.54) is 12.1 Å². The Morgan fingerprint density at radius 2 is 2.13 bits per heavy atom. The summed E-state index contributed by atoms with van der Waals surface area (Å²) in [6.45, 7) is 0. The molecule has 1 heterocycles. The van der Waals surface area contributed by atoms with Crippen LogP contribution in [0.1, 0.15) is 21.0 Å². The molecule has 76 valence electrons. The number of H-pyrrole nitrogens is 1. The highest BCUT2D eigenvalue weighted by Gasteiger charge is 2.10. The van der Waals surface area contributed by atoms with E-state index in [1.807, 2.05) is 0 Å². The van der Waals surface area contributed by atoms with E-state index in [9.17, 15) is 9.59 Å². The fraction of sp³-hybridized carbons (Fsp3) is 0. The number of benzene rings is 1. The number of primary amides is 1. The van der Waals surface area contributed by atoms with Crippen molar-refractivity contribution < 1.29 is 14.7 Å². The maximum atomic E-state index is 10.9. The first-order valence-electron chi connectivity index (χ1n) is 4.11. The van der Waals surface area contributed by atoms with Crippen LogP contribution in [0, 0.1) is 0 Å². The summed E-state index contributed by atoms with van der Waals surface area (Å²) in [5.74, 6) is -1.87. The lowest BCUT2D eigenvalue weighted by Crippen LogP contribution is -2.10. The number of carboxylic acids is 1. The number of aromatic nitrogens is 2. The van der Waals surface area contributed by atoms with Crippen molar-refractivity contribution in [1.82, 2.24) is 9.97 Å². The van der Waals surface area contributed by atoms with Gasteiger partial charge < -0.3 is 15.8 Å². The van der Waals surface area contributed by atoms with E-state index >= 15 is 0 Å². The Balaban J connectivity index is 2.62. The standard InChI is InChI=1S/C9H7N3O3/c10-7(13)4-1-2-5-6(3-4)12-8(11-5)9(14)15/h1-3H,(H2,10,13)(H,11,12)(H,14,15). The molecule has 2 rings (SSSR count). The Hall–Kier alpha value is -2.37. The lowest BCUT2D eigenvalue weighted by Gasteiger charge is -1.93. The monoisotopic (exact) mass is 205 g/mol. The van der Waals surface area contributed by atoms with Crippen molar-refractivity contribution in [2.45, 2.75) is 0 Å². The molecule has 0 bridgehead atoms. The predicted molar refractivity (Wildman–Crippen MR) is 51.6 cm³/mol. The summed E-state index contributed by atoms with van der Waals surface area (Å²) in [6, 6.07) is 4.51. The van der Waals surface area contributed by atoms with Crippen LogP contribution in [0.4, 0.5) is 0 Å². The number of amides is 1. The highest BCUT2D eigenvalue weighted by Crippen LogP contribution is 2.13. The van der Waals surface area contributed by atoms with Gasteiger partial charge in [0, 0.05) is 5.56 Å². The van der Waals surface area contributed by atoms with E-state index in [1.54, 1.807) is 6.07 Å². The Morgan fingerprint density at radius 1 is 1.40 bits per heavy atom. The third kappa shape index (κ3) is 1.52. The number of nitrogens with two attached hydrogens (primary N) is 1. The Bertz CT molecular complexity index is 547. The maximum absolute atomic E-state index is 10.9. The first-order valence-corrected chi connectivity index (χ1v) is 4.11. The van der Waals surface area contributed by atoms with Gasteiger partial charge in [0.15, 0.2) is 0 Å². The number of nitrogens with zero attached hydrogens (tertiary/aromatic N) is 1. The summed E-state index contributed by atoms with van der Waals surface area (Å²) in [5, 5.41) is 8.68. The number of aromatic amines is 1. The second-order valence-corrected chi connectivity index (χ2v) is 2.99. The van der Waals surface area contributed by atoms with Crippen molar-refractivity contribution in [3.8, 4) is 0 Å². The van der Waals surface area contributed by atoms with Gasteiger partial charge in [0.25, 0.3) is 0 Å². The van der Waals surface area contributed by atoms with Gasteiger partial charge in [-0.3, -0.25) is 4.79 Å². The fourth-order valence-electron chi connectivity index (χ4n) is 1.26. The van der Waals surface area contributed by atoms with Crippen LogP contribution in [-0.4, -0.2) is 27.0 Å². The molecule has 4 N–H and O–H groups in total. The van der Waals surface area contributed by atoms with Crippen LogP contribution in [0.25, 0.3) is 11.0 Å². The molecule has 15 heavy (non-hydrogen) atoms. The molecule has 0 aliphatic heterocycles. The number of carbonyl (C=O) groups excluding carboxylic acids is 1. The molecule has 1 aromatic heterocycles. The number of imidazole rings is 1. The Morgan fingerprint density at radius 3 is 2.73 bits per heavy atom. The number of carboxylic acid groups (broad SMARTS) is 1. The van der Waals surface area contributed by atoms with Crippen molar-refractivity contribution >= 4 is 22.9 Å². The second kappa shape index (κ2) is 3.09. The number of rotatable bonds is 2. The minimum atomic E-state index is -1.15. The van der Waals surface area contributed by atoms with Gasteiger partial charge in [-0.1, -0.05) is 0 Å². The summed E-state index contributed by atoms with van der Waals surface area (Å²) in [6.07, 6.45) is 0. The van der Waals surface area contributed by atoms with Crippen LogP contribution in [-0.2, 0) is 0 Å². The number of fused-ring (bicyclic) bond motifs is 1. The van der Waals surface area contributed by atoms with Crippen LogP contribution >= 0.6 is 0 Å². The summed E-state index contributed by atoms with van der Waals surface area (Å²) >= 11 is 0. The number of hydrogen-bond donors (Lipinski definition) is 3. The van der Waals surface area contributed by atoms with Crippen molar-refractivity contribution in [3.05, 3.63) is 29.6 Å². The summed E-state index contributed by atoms with van der Waals surface area (Å²) in [5.41, 5.74) is 6.35. The molecular formula is C9H7N3O3. The molecule has 0 saturated carbocycles.